The summed E-state index contributed by atoms with van der Waals surface area (Å²) in [5.41, 5.74) is 15.9. The smallest absolute Gasteiger partial charge is 0.263 e. The van der Waals surface area contributed by atoms with Crippen molar-refractivity contribution in [3.63, 3.8) is 0 Å². The van der Waals surface area contributed by atoms with Crippen molar-refractivity contribution in [2.24, 2.45) is 35.5 Å². The third-order valence-corrected chi connectivity index (χ3v) is 22.5. The second-order valence-corrected chi connectivity index (χ2v) is 37.3. The van der Waals surface area contributed by atoms with Gasteiger partial charge in [-0.15, -0.1) is 23.5 Å². The molecule has 0 N–H and O–H groups in total. The van der Waals surface area contributed by atoms with E-state index in [1.54, 1.807) is 13.7 Å². The number of halogens is 1. The molecule has 3 aromatic heterocycles. The van der Waals surface area contributed by atoms with Crippen LogP contribution in [0.1, 0.15) is 171 Å². The molecule has 630 valence electrons. The Morgan fingerprint density at radius 2 is 0.672 bits per heavy atom. The van der Waals surface area contributed by atoms with Gasteiger partial charge in [0.2, 0.25) is 0 Å². The summed E-state index contributed by atoms with van der Waals surface area (Å²) in [5.74, 6) is 4.21. The molecule has 0 bridgehead atoms. The molecule has 0 amide bonds. The zero-order chi connectivity index (χ0) is 87.2. The molecule has 0 aliphatic rings. The Hall–Kier alpha value is -9.29. The first-order chi connectivity index (χ1) is 56.8. The van der Waals surface area contributed by atoms with E-state index in [9.17, 15) is 28.8 Å². The molecule has 0 radical (unpaired) electrons. The quantitative estimate of drug-likeness (QED) is 0.0160. The van der Waals surface area contributed by atoms with Crippen LogP contribution in [0.4, 0.5) is 17.1 Å². The predicted octanol–water partition coefficient (Wildman–Crippen LogP) is 24.0. The number of anilines is 3. The lowest BCUT2D eigenvalue weighted by atomic mass is 9.93. The highest BCUT2D eigenvalue weighted by Crippen LogP contribution is 2.40. The van der Waals surface area contributed by atoms with E-state index in [1.807, 2.05) is 203 Å². The van der Waals surface area contributed by atoms with Crippen LogP contribution >= 0.6 is 60.4 Å². The molecule has 9 aromatic carbocycles. The fourth-order valence-electron chi connectivity index (χ4n) is 14.3. The monoisotopic (exact) mass is 1690 g/mol. The molecule has 0 saturated heterocycles. The lowest BCUT2D eigenvalue weighted by molar-refractivity contribution is 0.101. The first-order valence-corrected chi connectivity index (χ1v) is 44.9. The molecule has 0 atom stereocenters. The summed E-state index contributed by atoms with van der Waals surface area (Å²) in [6, 6.07) is 73.6. The van der Waals surface area contributed by atoms with E-state index in [4.69, 9.17) is 11.6 Å². The second kappa shape index (κ2) is 48.2. The first kappa shape index (κ1) is 96.8. The summed E-state index contributed by atoms with van der Waals surface area (Å²) >= 11 is 16.3. The van der Waals surface area contributed by atoms with Gasteiger partial charge in [0, 0.05) is 95.5 Å². The van der Waals surface area contributed by atoms with Crippen LogP contribution in [0.5, 0.6) is 0 Å². The molecular weight excluding hydrogens is 1570 g/mol. The molecule has 0 aliphatic heterocycles. The van der Waals surface area contributed by atoms with E-state index in [2.05, 4.69) is 181 Å². The van der Waals surface area contributed by atoms with Gasteiger partial charge in [-0.3, -0.25) is 28.8 Å². The number of fused-ring (bicyclic) bond motifs is 3. The molecule has 17 heteroatoms. The third kappa shape index (κ3) is 29.0. The molecule has 119 heavy (non-hydrogen) atoms. The normalized spacial score (nSPS) is 11.0. The molecule has 12 nitrogen and oxygen atoms in total. The van der Waals surface area contributed by atoms with Crippen molar-refractivity contribution >= 4 is 129 Å². The average Bonchev–Trinajstić information content (AvgIpc) is 0.765. The van der Waals surface area contributed by atoms with Gasteiger partial charge in [-0.1, -0.05) is 258 Å². The topological polar surface area (TPSA) is 127 Å². The average molecular weight is 1690 g/mol. The standard InChI is InChI=1S/C40H38N4O4S2.C19H17ClN2O2.3C14H22.CH4S2/c1-26(46)36-38(32-19-17-30(42(4)5)21-35(32)44(40(36)48)23-28-14-10-7-11-15-28)50-25-49-37-31-18-16-29(41(2)3)20-34(31)43(39(47)33(37)24-45)22-27-12-8-6-9-13-27;1-21(2)14-8-9-15-17(10-14)22(11-13-6-4-3-5-7-13)19(24)16(12-23)18(15)20;1-11(2)9-13-5-7-14(8-6-13)10-12(3)4;1-11(2)8-13-6-5-7-14(10-13)9-12(3)4;1-11(2)9-13-7-5-6-8-14(13)10-12(3)4;2-1-3/h6-21,24H,22-23,25H2,1-5H3;3-10,12H,11H2,1-2H3;5-8,11-12H,9-10H2,1-4H3;5-7,10-12H,8-9H2,1-4H3;5-8,11-12H,9-10H2,1-4H3;2-3H,1H2. The Kier molecular flexibility index (Phi) is 39.2. The lowest BCUT2D eigenvalue weighted by Crippen LogP contribution is -2.28. The van der Waals surface area contributed by atoms with E-state index < -0.39 is 0 Å². The Labute approximate surface area is 733 Å². The van der Waals surface area contributed by atoms with E-state index in [1.165, 1.54) is 102 Å². The number of hydrogen-bond donors (Lipinski definition) is 2. The molecule has 0 aliphatic carbocycles. The molecule has 3 heterocycles. The summed E-state index contributed by atoms with van der Waals surface area (Å²) in [6.07, 6.45) is 8.39. The number of Topliss-reactive ketones (excluding diaryl/α,β-unsaturated/α-hetero) is 1. The maximum Gasteiger partial charge on any atom is 0.263 e. The molecule has 0 fully saturated rings. The van der Waals surface area contributed by atoms with E-state index in [0.29, 0.717) is 63.1 Å². The number of rotatable bonds is 28. The summed E-state index contributed by atoms with van der Waals surface area (Å²) in [4.78, 5) is 85.2. The van der Waals surface area contributed by atoms with Gasteiger partial charge in [-0.25, -0.2) is 0 Å². The van der Waals surface area contributed by atoms with Gasteiger partial charge >= 0.3 is 0 Å². The molecule has 0 spiro atoms. The number of pyridine rings is 3. The highest BCUT2D eigenvalue weighted by Gasteiger charge is 2.25. The number of benzene rings is 9. The number of thioether (sulfide) groups is 2. The zero-order valence-electron chi connectivity index (χ0n) is 73.4. The molecule has 0 unspecified atom stereocenters. The van der Waals surface area contributed by atoms with Gasteiger partial charge in [0.15, 0.2) is 18.4 Å². The van der Waals surface area contributed by atoms with Crippen molar-refractivity contribution in [3.05, 3.63) is 321 Å². The fourth-order valence-corrected chi connectivity index (χ4v) is 17.0. The van der Waals surface area contributed by atoms with Gasteiger partial charge in [0.25, 0.3) is 16.7 Å². The van der Waals surface area contributed by atoms with Crippen LogP contribution in [0.25, 0.3) is 32.7 Å². The number of nitrogens with zero attached hydrogens (tertiary/aromatic N) is 6. The third-order valence-electron chi connectivity index (χ3n) is 19.7. The summed E-state index contributed by atoms with van der Waals surface area (Å²) < 4.78 is 4.94. The van der Waals surface area contributed by atoms with Gasteiger partial charge < -0.3 is 28.4 Å². The molecular formula is C102H125ClN6O6S4. The Bertz CT molecular complexity index is 5360. The van der Waals surface area contributed by atoms with Crippen LogP contribution in [-0.4, -0.2) is 84.5 Å². The number of carbonyl (C=O) groups is 3. The number of carbonyl (C=O) groups excluding carboxylic acids is 3. The van der Waals surface area contributed by atoms with Crippen LogP contribution in [0.15, 0.2) is 243 Å². The predicted molar refractivity (Wildman–Crippen MR) is 520 cm³/mol. The number of aromatic nitrogens is 3. The highest BCUT2D eigenvalue weighted by atomic mass is 35.5. The summed E-state index contributed by atoms with van der Waals surface area (Å²) in [7, 11) is 11.6. The summed E-state index contributed by atoms with van der Waals surface area (Å²) in [6.45, 7) is 29.7. The fraction of sp³-hybridized carbons (Fsp3) is 0.353. The van der Waals surface area contributed by atoms with Gasteiger partial charge in [-0.05, 0) is 186 Å². The van der Waals surface area contributed by atoms with Crippen molar-refractivity contribution < 1.29 is 14.4 Å². The lowest BCUT2D eigenvalue weighted by Gasteiger charge is -2.20. The van der Waals surface area contributed by atoms with Gasteiger partial charge in [0.1, 0.15) is 0 Å². The molecule has 12 rings (SSSR count). The minimum absolute atomic E-state index is 0.00213. The minimum Gasteiger partial charge on any atom is -0.378 e. The maximum atomic E-state index is 14.2. The number of hydrogen-bond acceptors (Lipinski definition) is 13. The highest BCUT2D eigenvalue weighted by molar-refractivity contribution is 8.16. The largest absolute Gasteiger partial charge is 0.378 e. The Morgan fingerprint density at radius 3 is 1.02 bits per heavy atom. The van der Waals surface area contributed by atoms with E-state index in [0.717, 1.165) is 91.1 Å². The van der Waals surface area contributed by atoms with Gasteiger partial charge in [0.05, 0.1) is 57.9 Å². The summed E-state index contributed by atoms with van der Waals surface area (Å²) in [5, 5.41) is 3.46. The van der Waals surface area contributed by atoms with Crippen molar-refractivity contribution in [1.29, 1.82) is 0 Å². The molecule has 0 saturated carbocycles. The van der Waals surface area contributed by atoms with Crippen molar-refractivity contribution in [2.75, 3.05) is 67.2 Å². The minimum atomic E-state index is -0.373. The Balaban J connectivity index is 0.000000233. The van der Waals surface area contributed by atoms with Gasteiger partial charge in [-0.2, -0.15) is 25.3 Å². The van der Waals surface area contributed by atoms with Crippen molar-refractivity contribution in [2.45, 2.75) is 158 Å². The number of aldehydes is 2. The van der Waals surface area contributed by atoms with E-state index >= 15 is 0 Å². The van der Waals surface area contributed by atoms with Crippen LogP contribution < -0.4 is 31.4 Å². The first-order valence-electron chi connectivity index (χ1n) is 41.3. The van der Waals surface area contributed by atoms with Crippen LogP contribution in [0.3, 0.4) is 0 Å². The SMILES string of the molecule is CC(=O)c1c(SCSc2c(C=O)c(=O)n(Cc3ccccc3)c3cc(N(C)C)ccc23)c2ccc(N(C)C)cc2n(Cc2ccccc2)c1=O.CC(C)Cc1ccc(CC(C)C)cc1.CC(C)Cc1cccc(CC(C)C)c1.CC(C)Cc1ccccc1CC(C)C.CN(C)c1ccc2c(Cl)c(C=O)c(=O)n(Cc3ccccc3)c2c1.SCS. The van der Waals surface area contributed by atoms with Crippen molar-refractivity contribution in [3.8, 4) is 0 Å². The van der Waals surface area contributed by atoms with Crippen molar-refractivity contribution in [1.82, 2.24) is 13.7 Å². The number of thiol groups is 2. The number of ketones is 1. The zero-order valence-corrected chi connectivity index (χ0v) is 77.6. The second-order valence-electron chi connectivity index (χ2n) is 33.4. The van der Waals surface area contributed by atoms with E-state index in [-0.39, 0.29) is 44.2 Å². The van der Waals surface area contributed by atoms with Crippen LogP contribution in [0.2, 0.25) is 5.02 Å². The van der Waals surface area contributed by atoms with Crippen LogP contribution in [0, 0.1) is 35.5 Å². The maximum absolute atomic E-state index is 14.2. The van der Waals surface area contributed by atoms with Crippen LogP contribution in [-0.2, 0) is 58.2 Å². The molecule has 12 aromatic rings. The Morgan fingerprint density at radius 1 is 0.370 bits per heavy atom.